The highest BCUT2D eigenvalue weighted by Gasteiger charge is 2.56. The van der Waals surface area contributed by atoms with Gasteiger partial charge in [0.25, 0.3) is 0 Å². The zero-order valence-corrected chi connectivity index (χ0v) is 22.5. The number of hydrogen-bond donors (Lipinski definition) is 2. The maximum absolute atomic E-state index is 11.5. The molecule has 2 fully saturated rings. The average Bonchev–Trinajstić information content (AvgIpc) is 3.11. The van der Waals surface area contributed by atoms with Gasteiger partial charge in [0.05, 0.1) is 27.4 Å². The molecular formula is C28H35NO7S. The number of hydrogen-bond acceptors (Lipinski definition) is 7. The first-order chi connectivity index (χ1) is 17.6. The van der Waals surface area contributed by atoms with Crippen LogP contribution in [0.1, 0.15) is 55.2 Å². The molecule has 2 aromatic rings. The number of rotatable bonds is 6. The van der Waals surface area contributed by atoms with Gasteiger partial charge in [-0.25, -0.2) is 0 Å². The molecule has 0 spiro atoms. The summed E-state index contributed by atoms with van der Waals surface area (Å²) in [6.07, 6.45) is 6.10. The second-order valence-corrected chi connectivity index (χ2v) is 11.8. The lowest BCUT2D eigenvalue weighted by Gasteiger charge is -2.49. The normalized spacial score (nSPS) is 29.7. The second-order valence-electron chi connectivity index (χ2n) is 10.7. The lowest BCUT2D eigenvalue weighted by atomic mass is 9.55. The molecule has 0 aliphatic heterocycles. The Labute approximate surface area is 218 Å². The Bertz CT molecular complexity index is 1310. The summed E-state index contributed by atoms with van der Waals surface area (Å²) >= 11 is 0. The van der Waals surface area contributed by atoms with E-state index in [1.165, 1.54) is 5.56 Å². The molecule has 5 atom stereocenters. The topological polar surface area (TPSA) is 117 Å². The van der Waals surface area contributed by atoms with Crippen LogP contribution >= 0.6 is 0 Å². The Morgan fingerprint density at radius 3 is 2.38 bits per heavy atom. The minimum Gasteiger partial charge on any atom is -0.493 e. The van der Waals surface area contributed by atoms with E-state index in [-0.39, 0.29) is 11.2 Å². The van der Waals surface area contributed by atoms with Crippen LogP contribution in [0, 0.1) is 17.3 Å². The third kappa shape index (κ3) is 4.57. The fourth-order valence-corrected chi connectivity index (χ4v) is 7.51. The van der Waals surface area contributed by atoms with Crippen molar-refractivity contribution in [3.63, 3.8) is 0 Å². The van der Waals surface area contributed by atoms with Crippen molar-refractivity contribution >= 4 is 16.4 Å². The fraction of sp³-hybridized carbons (Fsp3) is 0.500. The number of aliphatic hydroxyl groups excluding tert-OH is 1. The second kappa shape index (κ2) is 9.53. The molecule has 0 amide bonds. The number of ether oxygens (including phenoxy) is 3. The molecule has 3 aliphatic carbocycles. The van der Waals surface area contributed by atoms with Crippen LogP contribution < -0.4 is 23.5 Å². The Morgan fingerprint density at radius 2 is 1.76 bits per heavy atom. The number of aryl methyl sites for hydroxylation is 1. The summed E-state index contributed by atoms with van der Waals surface area (Å²) in [5.41, 5.74) is 4.13. The SMILES string of the molecule is COc1cc(/C=C2\CC3C4CCc5cc(OS(N)(=O)=O)ccc5C4CC[C@]3(C)[C@H]2O)cc(OC)c1OC. The molecule has 0 radical (unpaired) electrons. The molecule has 9 heteroatoms. The predicted octanol–water partition coefficient (Wildman–Crippen LogP) is 4.21. The van der Waals surface area contributed by atoms with Crippen molar-refractivity contribution in [1.29, 1.82) is 0 Å². The molecule has 5 rings (SSSR count). The molecule has 2 aromatic carbocycles. The van der Waals surface area contributed by atoms with E-state index < -0.39 is 16.4 Å². The molecule has 0 aromatic heterocycles. The molecule has 8 nitrogen and oxygen atoms in total. The van der Waals surface area contributed by atoms with E-state index in [1.807, 2.05) is 24.3 Å². The molecule has 0 heterocycles. The van der Waals surface area contributed by atoms with Crippen molar-refractivity contribution in [2.75, 3.05) is 21.3 Å². The van der Waals surface area contributed by atoms with E-state index in [2.05, 4.69) is 13.0 Å². The number of aliphatic hydroxyl groups is 1. The minimum atomic E-state index is -4.05. The number of fused-ring (bicyclic) bond motifs is 5. The van der Waals surface area contributed by atoms with Crippen LogP contribution in [-0.4, -0.2) is 41.0 Å². The molecular weight excluding hydrogens is 494 g/mol. The summed E-state index contributed by atoms with van der Waals surface area (Å²) in [7, 11) is 0.719. The van der Waals surface area contributed by atoms with Gasteiger partial charge in [-0.1, -0.05) is 19.1 Å². The summed E-state index contributed by atoms with van der Waals surface area (Å²) in [5, 5.41) is 16.6. The van der Waals surface area contributed by atoms with Crippen LogP contribution in [-0.2, 0) is 16.7 Å². The highest BCUT2D eigenvalue weighted by atomic mass is 32.2. The Kier molecular flexibility index (Phi) is 6.66. The van der Waals surface area contributed by atoms with Gasteiger partial charge in [0.1, 0.15) is 5.75 Å². The summed E-state index contributed by atoms with van der Waals surface area (Å²) < 4.78 is 44.1. The number of methoxy groups -OCH3 is 3. The van der Waals surface area contributed by atoms with Crippen LogP contribution in [0.2, 0.25) is 0 Å². The minimum absolute atomic E-state index is 0.193. The molecule has 2 saturated carbocycles. The Balaban J connectivity index is 1.44. The maximum atomic E-state index is 11.5. The highest BCUT2D eigenvalue weighted by Crippen LogP contribution is 2.62. The summed E-state index contributed by atoms with van der Waals surface area (Å²) in [5.74, 6) is 3.13. The standard InChI is InChI=1S/C28H35NO7S/c1-28-10-9-21-20-8-6-19(36-37(29,31)32)14-17(20)5-7-22(21)23(28)15-18(27(28)30)11-16-12-24(33-2)26(35-4)25(13-16)34-3/h6,8,11-14,21-23,27,30H,5,7,9-10,15H2,1-4H3,(H2,29,31,32)/b18-11+/t21?,22?,23?,27-,28-/m0/s1. The zero-order valence-electron chi connectivity index (χ0n) is 21.7. The summed E-state index contributed by atoms with van der Waals surface area (Å²) in [6.45, 7) is 2.23. The van der Waals surface area contributed by atoms with E-state index in [0.29, 0.717) is 35.0 Å². The first kappa shape index (κ1) is 25.9. The van der Waals surface area contributed by atoms with Crippen molar-refractivity contribution in [3.05, 3.63) is 52.6 Å². The van der Waals surface area contributed by atoms with Crippen LogP contribution in [0.25, 0.3) is 6.08 Å². The van der Waals surface area contributed by atoms with E-state index in [9.17, 15) is 13.5 Å². The smallest absolute Gasteiger partial charge is 0.380 e. The van der Waals surface area contributed by atoms with Gasteiger partial charge in [-0.15, -0.1) is 0 Å². The van der Waals surface area contributed by atoms with E-state index in [1.54, 1.807) is 27.4 Å². The van der Waals surface area contributed by atoms with Gasteiger partial charge in [-0.2, -0.15) is 13.6 Å². The van der Waals surface area contributed by atoms with Crippen molar-refractivity contribution in [2.24, 2.45) is 22.4 Å². The van der Waals surface area contributed by atoms with E-state index in [0.717, 1.165) is 48.8 Å². The molecule has 3 unspecified atom stereocenters. The quantitative estimate of drug-likeness (QED) is 0.576. The third-order valence-electron chi connectivity index (χ3n) is 8.82. The third-order valence-corrected chi connectivity index (χ3v) is 9.24. The molecule has 3 aliphatic rings. The van der Waals surface area contributed by atoms with Crippen LogP contribution in [0.4, 0.5) is 0 Å². The maximum Gasteiger partial charge on any atom is 0.380 e. The van der Waals surface area contributed by atoms with Crippen LogP contribution in [0.15, 0.2) is 35.9 Å². The van der Waals surface area contributed by atoms with E-state index in [4.69, 9.17) is 23.5 Å². The zero-order chi connectivity index (χ0) is 26.5. The Hall–Kier alpha value is -2.75. The average molecular weight is 530 g/mol. The van der Waals surface area contributed by atoms with Crippen LogP contribution in [0.5, 0.6) is 23.0 Å². The Morgan fingerprint density at radius 1 is 1.05 bits per heavy atom. The predicted molar refractivity (Wildman–Crippen MR) is 140 cm³/mol. The number of nitrogens with two attached hydrogens (primary N) is 1. The van der Waals surface area contributed by atoms with Crippen molar-refractivity contribution < 1.29 is 31.9 Å². The van der Waals surface area contributed by atoms with Crippen molar-refractivity contribution in [3.8, 4) is 23.0 Å². The van der Waals surface area contributed by atoms with Crippen LogP contribution in [0.3, 0.4) is 0 Å². The van der Waals surface area contributed by atoms with Gasteiger partial charge in [-0.3, -0.25) is 0 Å². The lowest BCUT2D eigenvalue weighted by molar-refractivity contribution is -0.0158. The highest BCUT2D eigenvalue weighted by molar-refractivity contribution is 7.84. The fourth-order valence-electron chi connectivity index (χ4n) is 7.14. The summed E-state index contributed by atoms with van der Waals surface area (Å²) in [6, 6.07) is 9.31. The van der Waals surface area contributed by atoms with Crippen molar-refractivity contribution in [1.82, 2.24) is 0 Å². The first-order valence-electron chi connectivity index (χ1n) is 12.6. The van der Waals surface area contributed by atoms with E-state index >= 15 is 0 Å². The van der Waals surface area contributed by atoms with Crippen molar-refractivity contribution in [2.45, 2.75) is 51.0 Å². The molecule has 200 valence electrons. The van der Waals surface area contributed by atoms with Gasteiger partial charge in [0, 0.05) is 5.41 Å². The number of benzene rings is 2. The molecule has 0 saturated heterocycles. The van der Waals surface area contributed by atoms with Gasteiger partial charge in [-0.05, 0) is 96.4 Å². The molecule has 37 heavy (non-hydrogen) atoms. The van der Waals surface area contributed by atoms with Gasteiger partial charge < -0.3 is 23.5 Å². The van der Waals surface area contributed by atoms with Gasteiger partial charge >= 0.3 is 10.3 Å². The first-order valence-corrected chi connectivity index (χ1v) is 14.1. The largest absolute Gasteiger partial charge is 0.493 e. The monoisotopic (exact) mass is 529 g/mol. The molecule has 3 N–H and O–H groups in total. The van der Waals surface area contributed by atoms with Gasteiger partial charge in [0.2, 0.25) is 5.75 Å². The van der Waals surface area contributed by atoms with Gasteiger partial charge in [0.15, 0.2) is 11.5 Å². The summed E-state index contributed by atoms with van der Waals surface area (Å²) in [4.78, 5) is 0. The lowest BCUT2D eigenvalue weighted by Crippen LogP contribution is -2.44. The molecule has 0 bridgehead atoms.